The van der Waals surface area contributed by atoms with E-state index in [2.05, 4.69) is 74.6 Å². The number of hydrogen-bond acceptors (Lipinski definition) is 36. The fourth-order valence-corrected chi connectivity index (χ4v) is 19.9. The van der Waals surface area contributed by atoms with E-state index < -0.39 is 203 Å². The molecule has 45 heteroatoms. The molecule has 858 valence electrons. The lowest BCUT2D eigenvalue weighted by Gasteiger charge is -2.48. The predicted molar refractivity (Wildman–Crippen MR) is 551 cm³/mol. The highest BCUT2D eigenvalue weighted by Gasteiger charge is 2.59. The molecule has 0 aromatic carbocycles. The van der Waals surface area contributed by atoms with Crippen LogP contribution in [0.2, 0.25) is 0 Å². The van der Waals surface area contributed by atoms with Crippen LogP contribution in [-0.2, 0) is 157 Å². The van der Waals surface area contributed by atoms with Gasteiger partial charge in [0.2, 0.25) is 47.3 Å². The average molecular weight is 2160 g/mol. The molecule has 2 bridgehead atoms. The number of rotatable bonds is 49. The first-order chi connectivity index (χ1) is 71.7. The highest BCUT2D eigenvalue weighted by molar-refractivity contribution is 7.44. The Balaban J connectivity index is 1.48. The van der Waals surface area contributed by atoms with Gasteiger partial charge in [0.25, 0.3) is 8.53 Å². The molecule has 5 saturated heterocycles. The Morgan fingerprint density at radius 2 is 0.907 bits per heavy atom. The van der Waals surface area contributed by atoms with Crippen molar-refractivity contribution in [3.05, 3.63) is 0 Å². The third-order valence-corrected chi connectivity index (χ3v) is 27.4. The lowest BCUT2D eigenvalue weighted by Crippen LogP contribution is -2.70. The quantitative estimate of drug-likeness (QED) is 0.00978. The van der Waals surface area contributed by atoms with Crippen molar-refractivity contribution in [3.8, 4) is 0 Å². The molecule has 44 nitrogen and oxygen atoms in total. The van der Waals surface area contributed by atoms with E-state index in [1.54, 1.807) is 7.05 Å². The van der Waals surface area contributed by atoms with Gasteiger partial charge in [0.05, 0.1) is 13.2 Å². The summed E-state index contributed by atoms with van der Waals surface area (Å²) >= 11 is 0. The van der Waals surface area contributed by atoms with Gasteiger partial charge in [-0.2, -0.15) is 0 Å². The van der Waals surface area contributed by atoms with E-state index in [1.165, 1.54) is 34.6 Å². The number of ether oxygens (including phenoxy) is 15. The summed E-state index contributed by atoms with van der Waals surface area (Å²) < 4.78 is 103. The standard InChI is InChI=1S/C105H179N10O34P/c1-70(2)115(71(3)4)150(140-66-52-58-106-16)139-65-51-39-35-45-61-109-100(130)83(53-43-46-59-107-88(127)55-40-32-26-20-17-23-29-36-48-62-133-102-91(110-72(5)116)97(143-80(13)124)94(141-78(11)122)85(146-102)67-136-75(8)119)113-101(131)84-54-44-47-60-108-89(128)56-41-33-27-21-18-24-30-37-49-63-134-103-92(111-73(6)117)98(144-81(14)125)95(86(147-103)68-137-76(9)120)149-105(132)114(74(7)118)93-99(145-82(15)126)96(142-79(12)123)87(69-138-77(10)121)148-104(93)135-64-50-38-31-25-19-22-28-34-42-57-90(129)112-84/h58,70-71,83-87,91-99,102-104H,17-57,59-69H2,1-16H3,(H,107,127)(H,108,128)(H,109,130)(H,110,116)(H,111,117)(H,112,129)(H,113,131)/b106-58+. The molecular weight excluding hydrogens is 1980 g/mol. The summed E-state index contributed by atoms with van der Waals surface area (Å²) in [5.74, 6) is -9.98. The molecule has 0 spiro atoms. The van der Waals surface area contributed by atoms with Gasteiger partial charge in [-0.3, -0.25) is 76.7 Å². The highest BCUT2D eigenvalue weighted by atomic mass is 31.2. The molecule has 7 N–H and O–H groups in total. The van der Waals surface area contributed by atoms with Crippen LogP contribution in [0.1, 0.15) is 367 Å². The molecule has 5 fully saturated rings. The van der Waals surface area contributed by atoms with Crippen LogP contribution in [0.3, 0.4) is 0 Å². The second-order valence-electron chi connectivity index (χ2n) is 39.3. The van der Waals surface area contributed by atoms with E-state index >= 15 is 4.79 Å². The normalized spacial score (nSPS) is 24.5. The first kappa shape index (κ1) is 133. The Morgan fingerprint density at radius 3 is 1.44 bits per heavy atom. The SMILES string of the molecule is C/N=C/CCOP(OCCCCCCNC(=O)C(CCCCNC(=O)CCCCCCCCCCCOC1OC(COC(C)=O)C(OC(C)=O)C(OC(C)=O)C1NC(C)=O)NC(=O)C1CCCCNC(=O)CCCCCCCCCCCOC2OC(COC(C)=O)C(OC(=O)N(C(C)=O)C3C(OCCCCCCCCCCCC(=O)N1)OC(COC(C)=O)C(OC(C)=O)C3OC(C)=O)C(OC(C)=O)C2NC(C)=O)N(C(C)C)C(C)C. The summed E-state index contributed by atoms with van der Waals surface area (Å²) in [5.41, 5.74) is 0. The molecule has 18 atom stereocenters. The number of carbonyl (C=O) groups excluding carboxylic acids is 17. The maximum absolute atomic E-state index is 15.2. The van der Waals surface area contributed by atoms with Gasteiger partial charge in [-0.1, -0.05) is 148 Å². The fraction of sp³-hybridized carbons (Fsp3) is 0.829. The van der Waals surface area contributed by atoms with Crippen molar-refractivity contribution in [2.45, 2.75) is 483 Å². The summed E-state index contributed by atoms with van der Waals surface area (Å²) in [4.78, 5) is 229. The van der Waals surface area contributed by atoms with Crippen LogP contribution in [0.25, 0.3) is 0 Å². The molecule has 0 radical (unpaired) electrons. The number of unbranched alkanes of at least 4 members (excludes halogenated alkanes) is 12. The monoisotopic (exact) mass is 2160 g/mol. The van der Waals surface area contributed by atoms with Crippen molar-refractivity contribution in [2.24, 2.45) is 4.99 Å². The molecule has 0 aromatic rings. The van der Waals surface area contributed by atoms with Gasteiger partial charge in [0.1, 0.15) is 68.3 Å². The van der Waals surface area contributed by atoms with Gasteiger partial charge < -0.3 is 122 Å². The van der Waals surface area contributed by atoms with Crippen LogP contribution in [0, 0.1) is 0 Å². The van der Waals surface area contributed by atoms with Crippen LogP contribution < -0.4 is 37.2 Å². The smallest absolute Gasteiger partial charge is 0.417 e. The molecule has 5 aliphatic rings. The number of hydrogen-bond donors (Lipinski definition) is 7. The summed E-state index contributed by atoms with van der Waals surface area (Å²) in [5, 5.41) is 20.5. The summed E-state index contributed by atoms with van der Waals surface area (Å²) in [6, 6.07) is -5.90. The fourth-order valence-electron chi connectivity index (χ4n) is 18.2. The minimum atomic E-state index is -1.85. The van der Waals surface area contributed by atoms with Gasteiger partial charge >= 0.3 is 53.8 Å². The van der Waals surface area contributed by atoms with Gasteiger partial charge in [-0.05, 0) is 118 Å². The molecule has 18 unspecified atom stereocenters. The number of esters is 8. The van der Waals surface area contributed by atoms with Crippen molar-refractivity contribution in [2.75, 3.05) is 79.5 Å². The van der Waals surface area contributed by atoms with Crippen LogP contribution in [0.4, 0.5) is 4.79 Å². The van der Waals surface area contributed by atoms with Crippen molar-refractivity contribution in [1.29, 1.82) is 0 Å². The summed E-state index contributed by atoms with van der Waals surface area (Å²) in [7, 11) is 0.419. The van der Waals surface area contributed by atoms with Gasteiger partial charge in [0, 0.05) is 167 Å². The molecule has 9 amide bonds. The first-order valence-electron chi connectivity index (χ1n) is 54.5. The number of carbonyl (C=O) groups is 17. The second-order valence-corrected chi connectivity index (χ2v) is 40.7. The lowest BCUT2D eigenvalue weighted by atomic mass is 9.94. The zero-order chi connectivity index (χ0) is 111. The van der Waals surface area contributed by atoms with Gasteiger partial charge in [-0.15, -0.1) is 0 Å². The van der Waals surface area contributed by atoms with Crippen molar-refractivity contribution >= 4 is 116 Å². The molecule has 5 heterocycles. The minimum absolute atomic E-state index is 0.0617. The Morgan fingerprint density at radius 1 is 0.460 bits per heavy atom. The van der Waals surface area contributed by atoms with Gasteiger partial charge in [-0.25, -0.2) is 14.4 Å². The average Bonchev–Trinajstić information content (AvgIpc) is 0.654. The van der Waals surface area contributed by atoms with Gasteiger partial charge in [0.15, 0.2) is 55.5 Å². The Kier molecular flexibility index (Phi) is 69.1. The number of nitrogens with zero attached hydrogens (tertiary/aromatic N) is 3. The maximum atomic E-state index is 15.2. The Labute approximate surface area is 887 Å². The predicted octanol–water partition coefficient (Wildman–Crippen LogP) is 11.7. The molecule has 150 heavy (non-hydrogen) atoms. The largest absolute Gasteiger partial charge is 0.463 e. The molecule has 5 rings (SSSR count). The maximum Gasteiger partial charge on any atom is 0.417 e. The minimum Gasteiger partial charge on any atom is -0.463 e. The van der Waals surface area contributed by atoms with E-state index in [-0.39, 0.29) is 81.4 Å². The van der Waals surface area contributed by atoms with Crippen LogP contribution in [0.5, 0.6) is 0 Å². The highest BCUT2D eigenvalue weighted by Crippen LogP contribution is 2.46. The van der Waals surface area contributed by atoms with E-state index in [1.807, 2.05) is 6.21 Å². The number of imide groups is 1. The Bertz CT molecular complexity index is 4050. The number of aliphatic imine (C=N–C) groups is 1. The topological polar surface area (TPSA) is 550 Å². The van der Waals surface area contributed by atoms with Crippen molar-refractivity contribution < 1.29 is 162 Å². The van der Waals surface area contributed by atoms with E-state index in [4.69, 9.17) is 80.1 Å². The zero-order valence-electron chi connectivity index (χ0n) is 92.0. The van der Waals surface area contributed by atoms with Crippen LogP contribution >= 0.6 is 8.53 Å². The molecule has 0 aliphatic carbocycles. The summed E-state index contributed by atoms with van der Waals surface area (Å²) in [6.45, 7) is 21.5. The van der Waals surface area contributed by atoms with E-state index in [0.717, 1.165) is 176 Å². The van der Waals surface area contributed by atoms with Crippen molar-refractivity contribution in [1.82, 2.24) is 46.8 Å². The second kappa shape index (κ2) is 78.0. The number of nitrogens with one attached hydrogen (secondary N) is 7. The molecule has 0 saturated carbocycles. The number of fused-ring (bicyclic) bond motifs is 36. The van der Waals surface area contributed by atoms with Crippen LogP contribution in [0.15, 0.2) is 4.99 Å². The Hall–Kier alpha value is -9.27. The molecule has 5 aliphatic heterocycles. The third-order valence-electron chi connectivity index (χ3n) is 25.3. The van der Waals surface area contributed by atoms with E-state index in [0.29, 0.717) is 147 Å². The lowest BCUT2D eigenvalue weighted by molar-refractivity contribution is -0.291. The van der Waals surface area contributed by atoms with E-state index in [9.17, 15) is 76.7 Å². The third kappa shape index (κ3) is 56.5. The number of amides is 9. The molecule has 0 aromatic heterocycles. The molecular formula is C105H179N10O34P. The first-order valence-corrected chi connectivity index (χ1v) is 55.6. The summed E-state index contributed by atoms with van der Waals surface area (Å²) in [6.07, 6.45) is 10.7. The zero-order valence-corrected chi connectivity index (χ0v) is 92.9. The van der Waals surface area contributed by atoms with Crippen molar-refractivity contribution in [3.63, 3.8) is 0 Å². The van der Waals surface area contributed by atoms with Crippen LogP contribution in [-0.4, -0.2) is 313 Å².